The van der Waals surface area contributed by atoms with Gasteiger partial charge < -0.3 is 15.4 Å². The summed E-state index contributed by atoms with van der Waals surface area (Å²) >= 11 is 0. The molecular weight excluding hydrogens is 252 g/mol. The van der Waals surface area contributed by atoms with Crippen LogP contribution in [0.1, 0.15) is 31.2 Å². The number of nitrogens with one attached hydrogen (secondary N) is 2. The summed E-state index contributed by atoms with van der Waals surface area (Å²) in [5, 5.41) is 5.65. The van der Waals surface area contributed by atoms with E-state index in [2.05, 4.69) is 10.6 Å². The summed E-state index contributed by atoms with van der Waals surface area (Å²) in [6, 6.07) is 7.72. The molecule has 4 heteroatoms. The molecule has 108 valence electrons. The Morgan fingerprint density at radius 2 is 2.05 bits per heavy atom. The SMILES string of the molecule is COc1ccccc1CCNC(=O)NC=C1CCCC1. The van der Waals surface area contributed by atoms with Gasteiger partial charge in [0.05, 0.1) is 7.11 Å². The third-order valence-corrected chi connectivity index (χ3v) is 3.53. The summed E-state index contributed by atoms with van der Waals surface area (Å²) in [7, 11) is 1.66. The minimum atomic E-state index is -0.140. The maximum absolute atomic E-state index is 11.6. The Hall–Kier alpha value is -1.97. The van der Waals surface area contributed by atoms with Gasteiger partial charge in [0.15, 0.2) is 0 Å². The summed E-state index contributed by atoms with van der Waals surface area (Å²) < 4.78 is 5.28. The van der Waals surface area contributed by atoms with Gasteiger partial charge in [-0.25, -0.2) is 4.79 Å². The van der Waals surface area contributed by atoms with Gasteiger partial charge in [-0.3, -0.25) is 0 Å². The summed E-state index contributed by atoms with van der Waals surface area (Å²) in [6.45, 7) is 0.593. The highest BCUT2D eigenvalue weighted by Gasteiger charge is 2.07. The average Bonchev–Trinajstić information content (AvgIpc) is 2.99. The molecule has 2 rings (SSSR count). The largest absolute Gasteiger partial charge is 0.496 e. The van der Waals surface area contributed by atoms with E-state index in [0.29, 0.717) is 6.54 Å². The molecule has 1 aromatic rings. The van der Waals surface area contributed by atoms with Crippen molar-refractivity contribution < 1.29 is 9.53 Å². The van der Waals surface area contributed by atoms with E-state index in [4.69, 9.17) is 4.74 Å². The van der Waals surface area contributed by atoms with E-state index < -0.39 is 0 Å². The van der Waals surface area contributed by atoms with Gasteiger partial charge in [0, 0.05) is 12.7 Å². The van der Waals surface area contributed by atoms with Gasteiger partial charge in [0.25, 0.3) is 0 Å². The van der Waals surface area contributed by atoms with E-state index in [1.54, 1.807) is 7.11 Å². The summed E-state index contributed by atoms with van der Waals surface area (Å²) in [4.78, 5) is 11.6. The van der Waals surface area contributed by atoms with Crippen molar-refractivity contribution in [3.63, 3.8) is 0 Å². The molecule has 1 saturated carbocycles. The van der Waals surface area contributed by atoms with Crippen LogP contribution < -0.4 is 15.4 Å². The van der Waals surface area contributed by atoms with E-state index in [1.165, 1.54) is 18.4 Å². The molecule has 1 aliphatic rings. The van der Waals surface area contributed by atoms with Crippen LogP contribution in [0, 0.1) is 0 Å². The van der Waals surface area contributed by atoms with E-state index in [-0.39, 0.29) is 6.03 Å². The topological polar surface area (TPSA) is 50.4 Å². The molecule has 0 aromatic heterocycles. The van der Waals surface area contributed by atoms with Crippen LogP contribution in [-0.2, 0) is 6.42 Å². The quantitative estimate of drug-likeness (QED) is 0.867. The lowest BCUT2D eigenvalue weighted by molar-refractivity contribution is 0.244. The highest BCUT2D eigenvalue weighted by molar-refractivity contribution is 5.75. The Morgan fingerprint density at radius 3 is 2.80 bits per heavy atom. The minimum Gasteiger partial charge on any atom is -0.496 e. The molecule has 4 nitrogen and oxygen atoms in total. The third kappa shape index (κ3) is 4.30. The first kappa shape index (κ1) is 14.4. The zero-order chi connectivity index (χ0) is 14.2. The highest BCUT2D eigenvalue weighted by Crippen LogP contribution is 2.22. The summed E-state index contributed by atoms with van der Waals surface area (Å²) in [5.41, 5.74) is 2.44. The number of para-hydroxylation sites is 1. The predicted octanol–water partition coefficient (Wildman–Crippen LogP) is 2.99. The minimum absolute atomic E-state index is 0.140. The Kier molecular flexibility index (Phi) is 5.47. The molecule has 2 amide bonds. The van der Waals surface area contributed by atoms with Gasteiger partial charge in [0.2, 0.25) is 0 Å². The standard InChI is InChI=1S/C16H22N2O2/c1-20-15-9-5-4-8-14(15)10-11-17-16(19)18-12-13-6-2-3-7-13/h4-5,8-9,12H,2-3,6-7,10-11H2,1H3,(H2,17,18,19). The highest BCUT2D eigenvalue weighted by atomic mass is 16.5. The van der Waals surface area contributed by atoms with Crippen LogP contribution in [0.15, 0.2) is 36.0 Å². The summed E-state index contributed by atoms with van der Waals surface area (Å²) in [5.74, 6) is 0.864. The molecule has 1 fully saturated rings. The predicted molar refractivity (Wildman–Crippen MR) is 79.8 cm³/mol. The van der Waals surface area contributed by atoms with Crippen LogP contribution >= 0.6 is 0 Å². The van der Waals surface area contributed by atoms with Gasteiger partial charge in [-0.1, -0.05) is 23.8 Å². The Labute approximate surface area is 120 Å². The first-order valence-electron chi connectivity index (χ1n) is 7.14. The molecular formula is C16H22N2O2. The fourth-order valence-corrected chi connectivity index (χ4v) is 2.41. The second-order valence-corrected chi connectivity index (χ2v) is 4.97. The van der Waals surface area contributed by atoms with Crippen LogP contribution in [0.25, 0.3) is 0 Å². The van der Waals surface area contributed by atoms with E-state index in [1.807, 2.05) is 30.5 Å². The number of amides is 2. The Morgan fingerprint density at radius 1 is 1.30 bits per heavy atom. The Balaban J connectivity index is 1.72. The average molecular weight is 274 g/mol. The molecule has 1 aromatic carbocycles. The molecule has 2 N–H and O–H groups in total. The van der Waals surface area contributed by atoms with Crippen molar-refractivity contribution in [1.82, 2.24) is 10.6 Å². The van der Waals surface area contributed by atoms with Gasteiger partial charge >= 0.3 is 6.03 Å². The maximum Gasteiger partial charge on any atom is 0.318 e. The van der Waals surface area contributed by atoms with Crippen molar-refractivity contribution >= 4 is 6.03 Å². The van der Waals surface area contributed by atoms with Gasteiger partial charge in [0.1, 0.15) is 5.75 Å². The molecule has 0 atom stereocenters. The first-order chi connectivity index (χ1) is 9.79. The lowest BCUT2D eigenvalue weighted by atomic mass is 10.1. The lowest BCUT2D eigenvalue weighted by Crippen LogP contribution is -2.33. The third-order valence-electron chi connectivity index (χ3n) is 3.53. The van der Waals surface area contributed by atoms with Crippen molar-refractivity contribution in [2.45, 2.75) is 32.1 Å². The van der Waals surface area contributed by atoms with Crippen molar-refractivity contribution in [1.29, 1.82) is 0 Å². The molecule has 0 aliphatic heterocycles. The van der Waals surface area contributed by atoms with Crippen molar-refractivity contribution in [3.8, 4) is 5.75 Å². The number of ether oxygens (including phenoxy) is 1. The van der Waals surface area contributed by atoms with Crippen LogP contribution in [0.5, 0.6) is 5.75 Å². The molecule has 0 spiro atoms. The van der Waals surface area contributed by atoms with Gasteiger partial charge in [-0.15, -0.1) is 0 Å². The van der Waals surface area contributed by atoms with Crippen molar-refractivity contribution in [2.75, 3.05) is 13.7 Å². The molecule has 0 bridgehead atoms. The number of carbonyl (C=O) groups is 1. The smallest absolute Gasteiger partial charge is 0.318 e. The van der Waals surface area contributed by atoms with E-state index in [9.17, 15) is 4.79 Å². The number of hydrogen-bond donors (Lipinski definition) is 2. The number of carbonyl (C=O) groups excluding carboxylic acids is 1. The second-order valence-electron chi connectivity index (χ2n) is 4.97. The normalized spacial score (nSPS) is 13.9. The molecule has 0 heterocycles. The number of methoxy groups -OCH3 is 1. The van der Waals surface area contributed by atoms with Crippen molar-refractivity contribution in [2.24, 2.45) is 0 Å². The monoisotopic (exact) mass is 274 g/mol. The molecule has 20 heavy (non-hydrogen) atoms. The fourth-order valence-electron chi connectivity index (χ4n) is 2.41. The summed E-state index contributed by atoms with van der Waals surface area (Å²) in [6.07, 6.45) is 7.31. The first-order valence-corrected chi connectivity index (χ1v) is 7.14. The number of allylic oxidation sites excluding steroid dienone is 1. The van der Waals surface area contributed by atoms with E-state index >= 15 is 0 Å². The van der Waals surface area contributed by atoms with Gasteiger partial charge in [-0.2, -0.15) is 0 Å². The molecule has 0 unspecified atom stereocenters. The molecule has 1 aliphatic carbocycles. The molecule has 0 radical (unpaired) electrons. The second kappa shape index (κ2) is 7.58. The van der Waals surface area contributed by atoms with Crippen LogP contribution in [0.2, 0.25) is 0 Å². The van der Waals surface area contributed by atoms with Gasteiger partial charge in [-0.05, 0) is 43.7 Å². The Bertz CT molecular complexity index is 475. The number of urea groups is 1. The number of hydrogen-bond acceptors (Lipinski definition) is 2. The van der Waals surface area contributed by atoms with Crippen LogP contribution in [0.4, 0.5) is 4.79 Å². The fraction of sp³-hybridized carbons (Fsp3) is 0.438. The lowest BCUT2D eigenvalue weighted by Gasteiger charge is -2.09. The van der Waals surface area contributed by atoms with Crippen LogP contribution in [-0.4, -0.2) is 19.7 Å². The van der Waals surface area contributed by atoms with Crippen LogP contribution in [0.3, 0.4) is 0 Å². The van der Waals surface area contributed by atoms with Crippen molar-refractivity contribution in [3.05, 3.63) is 41.6 Å². The molecule has 0 saturated heterocycles. The van der Waals surface area contributed by atoms with E-state index in [0.717, 1.165) is 30.6 Å². The maximum atomic E-state index is 11.6. The zero-order valence-electron chi connectivity index (χ0n) is 11.9. The number of benzene rings is 1. The number of rotatable bonds is 5. The zero-order valence-corrected chi connectivity index (χ0v) is 11.9.